The first-order chi connectivity index (χ1) is 14.0. The first-order valence-electron chi connectivity index (χ1n) is 8.88. The molecule has 11 nitrogen and oxygen atoms in total. The van der Waals surface area contributed by atoms with E-state index in [2.05, 4.69) is 10.3 Å². The molecule has 0 saturated heterocycles. The highest BCUT2D eigenvalue weighted by Crippen LogP contribution is 2.33. The highest BCUT2D eigenvalue weighted by atomic mass is 16.6. The molecular weight excluding hydrogens is 398 g/mol. The minimum absolute atomic E-state index is 0.0150. The van der Waals surface area contributed by atoms with Gasteiger partial charge in [-0.15, -0.1) is 0 Å². The van der Waals surface area contributed by atoms with Gasteiger partial charge in [0, 0.05) is 11.6 Å². The third kappa shape index (κ3) is 5.25. The number of alkyl carbamates (subject to hydrolysis) is 1. The van der Waals surface area contributed by atoms with Crippen LogP contribution in [-0.2, 0) is 9.47 Å². The number of nitrogens with one attached hydrogen (secondary N) is 1. The number of hydrogen-bond donors (Lipinski definition) is 1. The summed E-state index contributed by atoms with van der Waals surface area (Å²) in [6.45, 7) is 6.69. The topological polar surface area (TPSA) is 143 Å². The molecule has 0 bridgehead atoms. The molecule has 30 heavy (non-hydrogen) atoms. The van der Waals surface area contributed by atoms with Crippen LogP contribution in [0, 0.1) is 10.1 Å². The number of carbonyl (C=O) groups is 2. The average molecular weight is 421 g/mol. The summed E-state index contributed by atoms with van der Waals surface area (Å²) >= 11 is 0. The van der Waals surface area contributed by atoms with Gasteiger partial charge in [0.05, 0.1) is 25.2 Å². The largest absolute Gasteiger partial charge is 0.490 e. The van der Waals surface area contributed by atoms with Crippen molar-refractivity contribution in [1.82, 2.24) is 10.3 Å². The van der Waals surface area contributed by atoms with E-state index in [1.165, 1.54) is 32.4 Å². The van der Waals surface area contributed by atoms with E-state index in [-0.39, 0.29) is 34.3 Å². The Hall–Kier alpha value is -3.63. The van der Waals surface area contributed by atoms with Crippen molar-refractivity contribution in [2.45, 2.75) is 39.3 Å². The number of benzene rings is 1. The van der Waals surface area contributed by atoms with Gasteiger partial charge in [0.15, 0.2) is 17.2 Å². The number of nitro benzene ring substituents is 1. The highest BCUT2D eigenvalue weighted by molar-refractivity contribution is 5.89. The molecule has 1 unspecified atom stereocenters. The van der Waals surface area contributed by atoms with Gasteiger partial charge in [0.25, 0.3) is 0 Å². The fraction of sp³-hybridized carbons (Fsp3) is 0.421. The number of carbonyl (C=O) groups excluding carboxylic acids is 2. The zero-order chi connectivity index (χ0) is 22.6. The van der Waals surface area contributed by atoms with Gasteiger partial charge in [-0.1, -0.05) is 0 Å². The smallest absolute Gasteiger partial charge is 0.408 e. The van der Waals surface area contributed by atoms with Gasteiger partial charge in [-0.25, -0.2) is 14.6 Å². The van der Waals surface area contributed by atoms with Crippen molar-refractivity contribution < 1.29 is 33.1 Å². The Bertz CT molecular complexity index is 961. The molecule has 0 aliphatic rings. The lowest BCUT2D eigenvalue weighted by molar-refractivity contribution is -0.385. The third-order valence-electron chi connectivity index (χ3n) is 3.78. The molecule has 1 atom stereocenters. The van der Waals surface area contributed by atoms with Crippen molar-refractivity contribution in [3.63, 3.8) is 0 Å². The minimum Gasteiger partial charge on any atom is -0.490 e. The van der Waals surface area contributed by atoms with E-state index in [9.17, 15) is 19.7 Å². The monoisotopic (exact) mass is 421 g/mol. The van der Waals surface area contributed by atoms with Gasteiger partial charge in [-0.3, -0.25) is 10.1 Å². The van der Waals surface area contributed by atoms with Crippen LogP contribution in [0.2, 0.25) is 0 Å². The Morgan fingerprint density at radius 3 is 2.47 bits per heavy atom. The van der Waals surface area contributed by atoms with E-state index >= 15 is 0 Å². The number of aromatic nitrogens is 1. The molecule has 1 aromatic heterocycles. The first-order valence-corrected chi connectivity index (χ1v) is 8.88. The normalized spacial score (nSPS) is 12.1. The number of oxazole rings is 1. The lowest BCUT2D eigenvalue weighted by Gasteiger charge is -2.21. The Balaban J connectivity index is 2.44. The summed E-state index contributed by atoms with van der Waals surface area (Å²) in [5.41, 5.74) is -0.948. The van der Waals surface area contributed by atoms with Crippen molar-refractivity contribution >= 4 is 17.7 Å². The third-order valence-corrected chi connectivity index (χ3v) is 3.78. The van der Waals surface area contributed by atoms with E-state index in [0.29, 0.717) is 0 Å². The Kier molecular flexibility index (Phi) is 6.65. The van der Waals surface area contributed by atoms with Gasteiger partial charge in [-0.2, -0.15) is 0 Å². The predicted octanol–water partition coefficient (Wildman–Crippen LogP) is 3.63. The molecule has 2 rings (SSSR count). The summed E-state index contributed by atoms with van der Waals surface area (Å²) in [5, 5.41) is 13.8. The Morgan fingerprint density at radius 1 is 1.27 bits per heavy atom. The maximum Gasteiger partial charge on any atom is 0.408 e. The van der Waals surface area contributed by atoms with Crippen LogP contribution in [0.5, 0.6) is 5.75 Å². The van der Waals surface area contributed by atoms with Crippen LogP contribution in [0.15, 0.2) is 22.6 Å². The molecule has 1 amide bonds. The first kappa shape index (κ1) is 22.7. The van der Waals surface area contributed by atoms with Crippen molar-refractivity contribution in [1.29, 1.82) is 0 Å². The minimum atomic E-state index is -0.802. The second kappa shape index (κ2) is 8.80. The molecule has 162 valence electrons. The van der Waals surface area contributed by atoms with Crippen LogP contribution in [-0.4, -0.2) is 41.8 Å². The SMILES string of the molecule is COC(=O)c1nc(-c2ccc(OC)c([N+](=O)[O-])c2)oc1C(C)NC(=O)OC(C)(C)C. The van der Waals surface area contributed by atoms with Crippen molar-refractivity contribution in [2.75, 3.05) is 14.2 Å². The van der Waals surface area contributed by atoms with E-state index in [1.807, 2.05) is 0 Å². The lowest BCUT2D eigenvalue weighted by atomic mass is 10.2. The molecule has 2 aromatic rings. The highest BCUT2D eigenvalue weighted by Gasteiger charge is 2.29. The summed E-state index contributed by atoms with van der Waals surface area (Å²) in [5.74, 6) is -0.778. The maximum absolute atomic E-state index is 12.2. The van der Waals surface area contributed by atoms with Crippen molar-refractivity contribution in [3.05, 3.63) is 39.8 Å². The maximum atomic E-state index is 12.2. The van der Waals surface area contributed by atoms with E-state index < -0.39 is 28.6 Å². The van der Waals surface area contributed by atoms with Gasteiger partial charge in [-0.05, 0) is 39.8 Å². The molecule has 1 aromatic carbocycles. The van der Waals surface area contributed by atoms with Crippen molar-refractivity contribution in [2.24, 2.45) is 0 Å². The molecule has 1 N–H and O–H groups in total. The van der Waals surface area contributed by atoms with E-state index in [0.717, 1.165) is 0 Å². The number of nitrogens with zero attached hydrogens (tertiary/aromatic N) is 2. The van der Waals surface area contributed by atoms with Crippen LogP contribution < -0.4 is 10.1 Å². The van der Waals surface area contributed by atoms with Crippen LogP contribution in [0.25, 0.3) is 11.5 Å². The fourth-order valence-electron chi connectivity index (χ4n) is 2.51. The molecule has 0 radical (unpaired) electrons. The lowest BCUT2D eigenvalue weighted by Crippen LogP contribution is -2.34. The number of methoxy groups -OCH3 is 2. The Morgan fingerprint density at radius 2 is 1.93 bits per heavy atom. The summed E-state index contributed by atoms with van der Waals surface area (Å²) in [6.07, 6.45) is -0.719. The molecule has 11 heteroatoms. The second-order valence-electron chi connectivity index (χ2n) is 7.24. The standard InChI is InChI=1S/C19H23N3O8/c1-10(20-18(24)30-19(2,3)4)15-14(17(23)28-6)21-16(29-15)11-7-8-13(27-5)12(9-11)22(25)26/h7-10H,1-6H3,(H,20,24). The summed E-state index contributed by atoms with van der Waals surface area (Å²) in [6, 6.07) is 3.29. The second-order valence-corrected chi connectivity index (χ2v) is 7.24. The Labute approximate surface area is 172 Å². The number of esters is 1. The number of amides is 1. The van der Waals surface area contributed by atoms with Crippen molar-refractivity contribution in [3.8, 4) is 17.2 Å². The number of rotatable bonds is 6. The number of hydrogen-bond acceptors (Lipinski definition) is 9. The molecule has 0 spiro atoms. The molecular formula is C19H23N3O8. The molecule has 0 fully saturated rings. The van der Waals surface area contributed by atoms with Crippen LogP contribution in [0.4, 0.5) is 10.5 Å². The predicted molar refractivity (Wildman–Crippen MR) is 104 cm³/mol. The van der Waals surface area contributed by atoms with Gasteiger partial charge in [0.2, 0.25) is 5.89 Å². The average Bonchev–Trinajstić information content (AvgIpc) is 3.10. The van der Waals surface area contributed by atoms with Gasteiger partial charge < -0.3 is 23.9 Å². The van der Waals surface area contributed by atoms with Crippen LogP contribution >= 0.6 is 0 Å². The van der Waals surface area contributed by atoms with E-state index in [1.54, 1.807) is 27.7 Å². The molecule has 0 saturated carbocycles. The number of nitro groups is 1. The summed E-state index contributed by atoms with van der Waals surface area (Å²) in [7, 11) is 2.48. The van der Waals surface area contributed by atoms with Gasteiger partial charge >= 0.3 is 17.7 Å². The summed E-state index contributed by atoms with van der Waals surface area (Å²) in [4.78, 5) is 39.0. The fourth-order valence-corrected chi connectivity index (χ4v) is 2.51. The molecule has 1 heterocycles. The van der Waals surface area contributed by atoms with Gasteiger partial charge in [0.1, 0.15) is 5.60 Å². The molecule has 0 aliphatic carbocycles. The quantitative estimate of drug-likeness (QED) is 0.420. The zero-order valence-corrected chi connectivity index (χ0v) is 17.5. The molecule has 0 aliphatic heterocycles. The summed E-state index contributed by atoms with van der Waals surface area (Å²) < 4.78 is 20.6. The van der Waals surface area contributed by atoms with Crippen LogP contribution in [0.3, 0.4) is 0 Å². The number of ether oxygens (including phenoxy) is 3. The van der Waals surface area contributed by atoms with E-state index in [4.69, 9.17) is 18.6 Å². The van der Waals surface area contributed by atoms with Crippen LogP contribution in [0.1, 0.15) is 50.0 Å². The zero-order valence-electron chi connectivity index (χ0n) is 17.5.